The number of amides is 1. The molecule has 2 aromatic carbocycles. The number of carboxylic acid groups (broad SMARTS) is 1. The Hall–Kier alpha value is -2.33. The first-order chi connectivity index (χ1) is 12.2. The Labute approximate surface area is 158 Å². The fourth-order valence-corrected chi connectivity index (χ4v) is 3.71. The van der Waals surface area contributed by atoms with E-state index in [1.54, 1.807) is 0 Å². The molecule has 0 saturated carbocycles. The molecule has 1 amide bonds. The number of carbonyl (C=O) groups is 2. The minimum atomic E-state index is -0.988. The topological polar surface area (TPSA) is 57.6 Å². The highest BCUT2D eigenvalue weighted by Crippen LogP contribution is 2.37. The Kier molecular flexibility index (Phi) is 4.80. The largest absolute Gasteiger partial charge is 0.480 e. The number of nitrogens with zero attached hydrogens (tertiary/aromatic N) is 1. The fraction of sp³-hybridized carbons (Fsp3) is 0.333. The van der Waals surface area contributed by atoms with Crippen LogP contribution in [-0.4, -0.2) is 23.0 Å². The maximum Gasteiger partial charge on any atom is 0.327 e. The maximum absolute atomic E-state index is 12.6. The molecule has 1 N–H and O–H groups in total. The molecule has 0 saturated heterocycles. The van der Waals surface area contributed by atoms with E-state index in [9.17, 15) is 14.7 Å². The number of aliphatic carboxylic acids is 1. The van der Waals surface area contributed by atoms with E-state index >= 15 is 0 Å². The fourth-order valence-electron chi connectivity index (χ4n) is 3.52. The second-order valence-corrected chi connectivity index (χ2v) is 8.16. The van der Waals surface area contributed by atoms with Crippen LogP contribution in [0.25, 0.3) is 11.1 Å². The molecule has 5 heteroatoms. The van der Waals surface area contributed by atoms with Crippen LogP contribution in [-0.2, 0) is 16.0 Å². The van der Waals surface area contributed by atoms with Crippen molar-refractivity contribution in [2.24, 2.45) is 5.41 Å². The molecule has 0 fully saturated rings. The number of hydrogen-bond donors (Lipinski definition) is 1. The summed E-state index contributed by atoms with van der Waals surface area (Å²) in [6.07, 6.45) is 0.918. The molecule has 136 valence electrons. The number of benzene rings is 2. The molecule has 0 radical (unpaired) electrons. The average molecular weight is 372 g/mol. The van der Waals surface area contributed by atoms with E-state index in [0.29, 0.717) is 23.6 Å². The van der Waals surface area contributed by atoms with Crippen LogP contribution in [0.15, 0.2) is 42.5 Å². The van der Waals surface area contributed by atoms with Gasteiger partial charge in [0, 0.05) is 17.1 Å². The Morgan fingerprint density at radius 2 is 1.81 bits per heavy atom. The second kappa shape index (κ2) is 6.76. The molecule has 1 heterocycles. The third kappa shape index (κ3) is 3.47. The number of carbonyl (C=O) groups excluding carboxylic acids is 1. The van der Waals surface area contributed by atoms with Crippen LogP contribution in [0.3, 0.4) is 0 Å². The summed E-state index contributed by atoms with van der Waals surface area (Å²) in [5.74, 6) is -1.13. The number of hydrogen-bond acceptors (Lipinski definition) is 2. The second-order valence-electron chi connectivity index (χ2n) is 7.72. The van der Waals surface area contributed by atoms with E-state index in [1.807, 2.05) is 63.2 Å². The standard InChI is InChI=1S/C21H22ClNO3/c1-21(2,3)19(20(25)26)23-17-9-7-14(11-15(17)8-10-18(23)24)13-5-4-6-16(22)12-13/h4-7,9,11-12,19H,8,10H2,1-3H3,(H,25,26). The van der Waals surface area contributed by atoms with Crippen LogP contribution in [0, 0.1) is 5.41 Å². The number of anilines is 1. The Bertz CT molecular complexity index is 870. The summed E-state index contributed by atoms with van der Waals surface area (Å²) in [5.41, 5.74) is 3.09. The van der Waals surface area contributed by atoms with Crippen molar-refractivity contribution in [3.63, 3.8) is 0 Å². The van der Waals surface area contributed by atoms with Crippen molar-refractivity contribution in [1.82, 2.24) is 0 Å². The summed E-state index contributed by atoms with van der Waals surface area (Å²) in [5, 5.41) is 10.4. The van der Waals surface area contributed by atoms with Crippen molar-refractivity contribution < 1.29 is 14.7 Å². The third-order valence-electron chi connectivity index (χ3n) is 4.69. The zero-order chi connectivity index (χ0) is 19.1. The van der Waals surface area contributed by atoms with Gasteiger partial charge in [-0.2, -0.15) is 0 Å². The lowest BCUT2D eigenvalue weighted by molar-refractivity contribution is -0.143. The van der Waals surface area contributed by atoms with Gasteiger partial charge in [-0.05, 0) is 52.8 Å². The molecule has 26 heavy (non-hydrogen) atoms. The first-order valence-corrected chi connectivity index (χ1v) is 9.00. The van der Waals surface area contributed by atoms with Gasteiger partial charge >= 0.3 is 5.97 Å². The van der Waals surface area contributed by atoms with Crippen molar-refractivity contribution in [2.45, 2.75) is 39.7 Å². The van der Waals surface area contributed by atoms with Crippen LogP contribution in [0.5, 0.6) is 0 Å². The van der Waals surface area contributed by atoms with Crippen LogP contribution in [0.1, 0.15) is 32.8 Å². The summed E-state index contributed by atoms with van der Waals surface area (Å²) in [4.78, 5) is 26.0. The van der Waals surface area contributed by atoms with E-state index in [4.69, 9.17) is 11.6 Å². The summed E-state index contributed by atoms with van der Waals surface area (Å²) in [6, 6.07) is 12.5. The van der Waals surface area contributed by atoms with Crippen molar-refractivity contribution in [1.29, 1.82) is 0 Å². The van der Waals surface area contributed by atoms with Gasteiger partial charge in [-0.25, -0.2) is 4.79 Å². The molecule has 0 aromatic heterocycles. The molecule has 1 atom stereocenters. The van der Waals surface area contributed by atoms with E-state index < -0.39 is 17.4 Å². The minimum absolute atomic E-state index is 0.143. The van der Waals surface area contributed by atoms with Gasteiger partial charge in [0.1, 0.15) is 6.04 Å². The third-order valence-corrected chi connectivity index (χ3v) is 4.92. The molecule has 1 unspecified atom stereocenters. The highest BCUT2D eigenvalue weighted by Gasteiger charge is 2.41. The van der Waals surface area contributed by atoms with Crippen molar-refractivity contribution >= 4 is 29.2 Å². The molecular formula is C21H22ClNO3. The Balaban J connectivity index is 2.08. The lowest BCUT2D eigenvalue weighted by atomic mass is 9.83. The normalized spacial score (nSPS) is 15.5. The minimum Gasteiger partial charge on any atom is -0.480 e. The maximum atomic E-state index is 12.6. The highest BCUT2D eigenvalue weighted by atomic mass is 35.5. The first kappa shape index (κ1) is 18.5. The van der Waals surface area contributed by atoms with Gasteiger partial charge in [0.15, 0.2) is 0 Å². The molecule has 1 aliphatic rings. The molecular weight excluding hydrogens is 350 g/mol. The molecule has 2 aromatic rings. The molecule has 3 rings (SSSR count). The van der Waals surface area contributed by atoms with E-state index in [0.717, 1.165) is 16.7 Å². The Morgan fingerprint density at radius 1 is 1.12 bits per heavy atom. The van der Waals surface area contributed by atoms with E-state index in [2.05, 4.69) is 0 Å². The van der Waals surface area contributed by atoms with Crippen molar-refractivity contribution in [3.8, 4) is 11.1 Å². The summed E-state index contributed by atoms with van der Waals surface area (Å²) in [7, 11) is 0. The lowest BCUT2D eigenvalue weighted by Gasteiger charge is -2.40. The average Bonchev–Trinajstić information content (AvgIpc) is 2.55. The van der Waals surface area contributed by atoms with Crippen LogP contribution >= 0.6 is 11.6 Å². The van der Waals surface area contributed by atoms with Crippen LogP contribution in [0.4, 0.5) is 5.69 Å². The molecule has 4 nitrogen and oxygen atoms in total. The zero-order valence-corrected chi connectivity index (χ0v) is 15.9. The molecule has 1 aliphatic heterocycles. The summed E-state index contributed by atoms with van der Waals surface area (Å²) >= 11 is 6.09. The number of rotatable bonds is 3. The van der Waals surface area contributed by atoms with Crippen molar-refractivity contribution in [3.05, 3.63) is 53.1 Å². The van der Waals surface area contributed by atoms with Gasteiger partial charge in [-0.3, -0.25) is 9.69 Å². The van der Waals surface area contributed by atoms with Crippen LogP contribution in [0.2, 0.25) is 5.02 Å². The van der Waals surface area contributed by atoms with Crippen LogP contribution < -0.4 is 4.90 Å². The predicted molar refractivity (Wildman–Crippen MR) is 104 cm³/mol. The lowest BCUT2D eigenvalue weighted by Crippen LogP contribution is -2.53. The van der Waals surface area contributed by atoms with Gasteiger partial charge in [-0.15, -0.1) is 0 Å². The number of aryl methyl sites for hydroxylation is 1. The molecule has 0 spiro atoms. The van der Waals surface area contributed by atoms with E-state index in [1.165, 1.54) is 4.90 Å². The van der Waals surface area contributed by atoms with Gasteiger partial charge < -0.3 is 5.11 Å². The molecule has 0 aliphatic carbocycles. The highest BCUT2D eigenvalue weighted by molar-refractivity contribution is 6.30. The SMILES string of the molecule is CC(C)(C)C(C(=O)O)N1C(=O)CCc2cc(-c3cccc(Cl)c3)ccc21. The first-order valence-electron chi connectivity index (χ1n) is 8.62. The summed E-state index contributed by atoms with van der Waals surface area (Å²) in [6.45, 7) is 5.52. The van der Waals surface area contributed by atoms with Crippen molar-refractivity contribution in [2.75, 3.05) is 4.90 Å². The predicted octanol–water partition coefficient (Wildman–Crippen LogP) is 4.79. The van der Waals surface area contributed by atoms with E-state index in [-0.39, 0.29) is 5.91 Å². The van der Waals surface area contributed by atoms with Gasteiger partial charge in [0.25, 0.3) is 0 Å². The zero-order valence-electron chi connectivity index (χ0n) is 15.1. The number of carboxylic acids is 1. The van der Waals surface area contributed by atoms with Gasteiger partial charge in [-0.1, -0.05) is 50.6 Å². The van der Waals surface area contributed by atoms with Gasteiger partial charge in [0.2, 0.25) is 5.91 Å². The summed E-state index contributed by atoms with van der Waals surface area (Å²) < 4.78 is 0. The monoisotopic (exact) mass is 371 g/mol. The van der Waals surface area contributed by atoms with Gasteiger partial charge in [0.05, 0.1) is 0 Å². The quantitative estimate of drug-likeness (QED) is 0.844. The Morgan fingerprint density at radius 3 is 2.42 bits per heavy atom. The number of halogens is 1. The smallest absolute Gasteiger partial charge is 0.327 e. The number of fused-ring (bicyclic) bond motifs is 1. The molecule has 0 bridgehead atoms.